The van der Waals surface area contributed by atoms with Crippen LogP contribution in [0.15, 0.2) is 36.4 Å². The zero-order valence-corrected chi connectivity index (χ0v) is 22.3. The molecule has 172 valence electrons. The molecule has 0 radical (unpaired) electrons. The van der Waals surface area contributed by atoms with Crippen molar-refractivity contribution in [1.82, 2.24) is 0 Å². The molecule has 4 nitrogen and oxygen atoms in total. The third-order valence-electron chi connectivity index (χ3n) is 7.51. The van der Waals surface area contributed by atoms with Crippen LogP contribution < -0.4 is 8.85 Å². The highest BCUT2D eigenvalue weighted by molar-refractivity contribution is 6.74. The fourth-order valence-corrected chi connectivity index (χ4v) is 9.89. The fourth-order valence-electron chi connectivity index (χ4n) is 4.75. The van der Waals surface area contributed by atoms with Crippen LogP contribution in [0.2, 0.25) is 36.3 Å². The van der Waals surface area contributed by atoms with Gasteiger partial charge in [-0.3, -0.25) is 9.59 Å². The molecule has 0 aromatic heterocycles. The first-order valence-electron chi connectivity index (χ1n) is 12.1. The molecule has 1 aliphatic carbocycles. The Kier molecular flexibility index (Phi) is 7.45. The summed E-state index contributed by atoms with van der Waals surface area (Å²) in [6.07, 6.45) is 0. The van der Waals surface area contributed by atoms with Gasteiger partial charge in [0, 0.05) is 11.1 Å². The van der Waals surface area contributed by atoms with Crippen molar-refractivity contribution < 1.29 is 18.4 Å². The monoisotopic (exact) mass is 468 g/mol. The quantitative estimate of drug-likeness (QED) is 0.294. The molecule has 0 spiro atoms. The molecule has 3 rings (SSSR count). The molecule has 0 N–H and O–H groups in total. The van der Waals surface area contributed by atoms with E-state index in [9.17, 15) is 9.59 Å². The number of carbonyl (C=O) groups excluding carboxylic acids is 2. The Morgan fingerprint density at radius 2 is 0.875 bits per heavy atom. The molecular formula is C26H36O4Si2. The SMILES string of the molecule is CC[Si](CC)(CC)Oc1cccc2c1C(=O)c1cccc(O[Si](CC)(CC)CC)c1C2=O. The zero-order chi connectivity index (χ0) is 23.5. The second-order valence-corrected chi connectivity index (χ2v) is 18.1. The summed E-state index contributed by atoms with van der Waals surface area (Å²) < 4.78 is 13.2. The first kappa shape index (κ1) is 24.5. The minimum Gasteiger partial charge on any atom is -0.543 e. The van der Waals surface area contributed by atoms with E-state index in [1.54, 1.807) is 12.1 Å². The maximum absolute atomic E-state index is 13.7. The average Bonchev–Trinajstić information content (AvgIpc) is 2.84. The van der Waals surface area contributed by atoms with Crippen LogP contribution >= 0.6 is 0 Å². The van der Waals surface area contributed by atoms with Gasteiger partial charge in [0.1, 0.15) is 11.5 Å². The molecular weight excluding hydrogens is 432 g/mol. The first-order chi connectivity index (χ1) is 15.3. The highest BCUT2D eigenvalue weighted by atomic mass is 28.4. The predicted molar refractivity (Wildman–Crippen MR) is 135 cm³/mol. The van der Waals surface area contributed by atoms with E-state index in [1.165, 1.54) is 0 Å². The lowest BCUT2D eigenvalue weighted by atomic mass is 9.83. The van der Waals surface area contributed by atoms with Gasteiger partial charge in [-0.1, -0.05) is 65.8 Å². The highest BCUT2D eigenvalue weighted by Crippen LogP contribution is 2.40. The molecule has 0 heterocycles. The fraction of sp³-hybridized carbons (Fsp3) is 0.462. The van der Waals surface area contributed by atoms with Crippen LogP contribution in [0.3, 0.4) is 0 Å². The van der Waals surface area contributed by atoms with Gasteiger partial charge < -0.3 is 8.85 Å². The Labute approximate surface area is 194 Å². The smallest absolute Gasteiger partial charge is 0.250 e. The van der Waals surface area contributed by atoms with Crippen molar-refractivity contribution in [3.63, 3.8) is 0 Å². The normalized spacial score (nSPS) is 13.6. The first-order valence-corrected chi connectivity index (χ1v) is 17.1. The van der Waals surface area contributed by atoms with Gasteiger partial charge >= 0.3 is 0 Å². The number of fused-ring (bicyclic) bond motifs is 2. The lowest BCUT2D eigenvalue weighted by Gasteiger charge is -2.33. The van der Waals surface area contributed by atoms with Crippen LogP contribution in [0.5, 0.6) is 11.5 Å². The largest absolute Gasteiger partial charge is 0.543 e. The van der Waals surface area contributed by atoms with Gasteiger partial charge in [0.15, 0.2) is 11.6 Å². The van der Waals surface area contributed by atoms with Gasteiger partial charge in [0.2, 0.25) is 0 Å². The molecule has 0 fully saturated rings. The lowest BCUT2D eigenvalue weighted by molar-refractivity contribution is 0.0975. The number of benzene rings is 2. The molecule has 1 aliphatic rings. The third kappa shape index (κ3) is 4.10. The van der Waals surface area contributed by atoms with Crippen LogP contribution in [-0.2, 0) is 0 Å². The van der Waals surface area contributed by atoms with E-state index in [0.29, 0.717) is 33.8 Å². The Hall–Kier alpha value is -2.19. The molecule has 0 amide bonds. The lowest BCUT2D eigenvalue weighted by Crippen LogP contribution is -2.40. The second-order valence-electron chi connectivity index (χ2n) is 8.71. The molecule has 2 aromatic carbocycles. The summed E-state index contributed by atoms with van der Waals surface area (Å²) in [4.78, 5) is 27.4. The Bertz CT molecular complexity index is 909. The van der Waals surface area contributed by atoms with E-state index in [0.717, 1.165) is 36.3 Å². The minimum atomic E-state index is -2.00. The number of ketones is 2. The van der Waals surface area contributed by atoms with Crippen LogP contribution in [0, 0.1) is 0 Å². The second kappa shape index (κ2) is 9.75. The van der Waals surface area contributed by atoms with Crippen molar-refractivity contribution >= 4 is 28.2 Å². The summed E-state index contributed by atoms with van der Waals surface area (Å²) in [5, 5.41) is 0. The summed E-state index contributed by atoms with van der Waals surface area (Å²) in [5.74, 6) is 0.848. The molecule has 0 bridgehead atoms. The number of carbonyl (C=O) groups is 2. The van der Waals surface area contributed by atoms with Crippen molar-refractivity contribution in [2.75, 3.05) is 0 Å². The maximum Gasteiger partial charge on any atom is 0.250 e. The van der Waals surface area contributed by atoms with Gasteiger partial charge in [-0.25, -0.2) is 0 Å². The van der Waals surface area contributed by atoms with Gasteiger partial charge in [-0.05, 0) is 48.4 Å². The van der Waals surface area contributed by atoms with Gasteiger partial charge in [-0.2, -0.15) is 0 Å². The number of hydrogen-bond donors (Lipinski definition) is 0. The van der Waals surface area contributed by atoms with Crippen molar-refractivity contribution in [2.24, 2.45) is 0 Å². The minimum absolute atomic E-state index is 0.140. The third-order valence-corrected chi connectivity index (χ3v) is 16.6. The molecule has 0 aliphatic heterocycles. The highest BCUT2D eigenvalue weighted by Gasteiger charge is 2.39. The van der Waals surface area contributed by atoms with Crippen molar-refractivity contribution in [1.29, 1.82) is 0 Å². The summed E-state index contributed by atoms with van der Waals surface area (Å²) in [7, 11) is -4.00. The molecule has 2 aromatic rings. The Morgan fingerprint density at radius 3 is 1.16 bits per heavy atom. The standard InChI is InChI=1S/C26H36O4Si2/c1-7-31(8-2,9-3)29-21-17-13-15-19-23(21)25(27)20-16-14-18-22(24(20)26(19)28)30-32(10-4,11-5)12-6/h13-18H,7-12H2,1-6H3. The molecule has 0 saturated carbocycles. The van der Waals surface area contributed by atoms with E-state index < -0.39 is 16.6 Å². The van der Waals surface area contributed by atoms with E-state index in [2.05, 4.69) is 41.5 Å². The summed E-state index contributed by atoms with van der Waals surface area (Å²) in [6.45, 7) is 13.0. The van der Waals surface area contributed by atoms with E-state index >= 15 is 0 Å². The van der Waals surface area contributed by atoms with Crippen molar-refractivity contribution in [3.05, 3.63) is 58.7 Å². The van der Waals surface area contributed by atoms with E-state index in [4.69, 9.17) is 8.85 Å². The van der Waals surface area contributed by atoms with Crippen LogP contribution in [0.25, 0.3) is 0 Å². The van der Waals surface area contributed by atoms with Crippen LogP contribution in [0.4, 0.5) is 0 Å². The predicted octanol–water partition coefficient (Wildman–Crippen LogP) is 7.23. The Balaban J connectivity index is 2.12. The van der Waals surface area contributed by atoms with E-state index in [-0.39, 0.29) is 11.6 Å². The van der Waals surface area contributed by atoms with Gasteiger partial charge in [-0.15, -0.1) is 0 Å². The molecule has 6 heteroatoms. The van der Waals surface area contributed by atoms with Crippen LogP contribution in [0.1, 0.15) is 73.4 Å². The zero-order valence-electron chi connectivity index (χ0n) is 20.3. The maximum atomic E-state index is 13.7. The topological polar surface area (TPSA) is 52.6 Å². The summed E-state index contributed by atoms with van der Waals surface area (Å²) >= 11 is 0. The van der Waals surface area contributed by atoms with Crippen molar-refractivity contribution in [3.8, 4) is 11.5 Å². The number of rotatable bonds is 10. The average molecular weight is 469 g/mol. The van der Waals surface area contributed by atoms with E-state index in [1.807, 2.05) is 24.3 Å². The molecule has 0 unspecified atom stereocenters. The Morgan fingerprint density at radius 1 is 0.562 bits per heavy atom. The van der Waals surface area contributed by atoms with Crippen molar-refractivity contribution in [2.45, 2.75) is 77.8 Å². The summed E-state index contributed by atoms with van der Waals surface area (Å²) in [6, 6.07) is 16.7. The molecule has 0 atom stereocenters. The molecule has 0 saturated heterocycles. The summed E-state index contributed by atoms with van der Waals surface area (Å²) in [5.41, 5.74) is 1.69. The number of hydrogen-bond acceptors (Lipinski definition) is 4. The van der Waals surface area contributed by atoms with Gasteiger partial charge in [0.25, 0.3) is 16.6 Å². The van der Waals surface area contributed by atoms with Gasteiger partial charge in [0.05, 0.1) is 11.1 Å². The molecule has 32 heavy (non-hydrogen) atoms. The van der Waals surface area contributed by atoms with Crippen LogP contribution in [-0.4, -0.2) is 28.2 Å².